The number of halogens is 3. The molecule has 1 aliphatic rings. The molecule has 0 fully saturated rings. The van der Waals surface area contributed by atoms with Gasteiger partial charge in [0.25, 0.3) is 0 Å². The fraction of sp³-hybridized carbons (Fsp3) is 0.231. The van der Waals surface area contributed by atoms with Crippen molar-refractivity contribution in [2.45, 2.75) is 17.9 Å². The molecule has 0 bridgehead atoms. The third-order valence-electron chi connectivity index (χ3n) is 2.98. The summed E-state index contributed by atoms with van der Waals surface area (Å²) in [6.07, 6.45) is 0.867. The van der Waals surface area contributed by atoms with E-state index in [0.29, 0.717) is 0 Å². The number of rotatable bonds is 2. The largest absolute Gasteiger partial charge is 0.488 e. The zero-order chi connectivity index (χ0) is 12.7. The van der Waals surface area contributed by atoms with Crippen molar-refractivity contribution < 1.29 is 4.74 Å². The summed E-state index contributed by atoms with van der Waals surface area (Å²) in [5, 5.41) is -0.144. The number of hydrogen-bond acceptors (Lipinski definition) is 2. The van der Waals surface area contributed by atoms with Gasteiger partial charge >= 0.3 is 0 Å². The van der Waals surface area contributed by atoms with Gasteiger partial charge in [-0.05, 0) is 55.1 Å². The van der Waals surface area contributed by atoms with Crippen LogP contribution in [0.25, 0.3) is 0 Å². The molecule has 2 atom stereocenters. The van der Waals surface area contributed by atoms with E-state index in [4.69, 9.17) is 16.3 Å². The molecule has 0 radical (unpaired) electrons. The number of para-hydroxylation sites is 1. The standard InChI is InChI=1S/C13H9Br2ClOS/c14-11-6-8(13(15)18-11)12(16)10-5-7-3-1-2-4-9(7)17-10/h1-4,6,10,12H,5H2. The van der Waals surface area contributed by atoms with Crippen molar-refractivity contribution in [1.82, 2.24) is 0 Å². The van der Waals surface area contributed by atoms with Crippen molar-refractivity contribution in [2.24, 2.45) is 0 Å². The molecule has 2 aromatic rings. The number of hydrogen-bond donors (Lipinski definition) is 0. The lowest BCUT2D eigenvalue weighted by atomic mass is 10.1. The molecule has 0 saturated heterocycles. The highest BCUT2D eigenvalue weighted by Gasteiger charge is 2.31. The molecule has 0 N–H and O–H groups in total. The molecule has 0 saturated carbocycles. The summed E-state index contributed by atoms with van der Waals surface area (Å²) in [7, 11) is 0. The first-order valence-electron chi connectivity index (χ1n) is 5.48. The second kappa shape index (κ2) is 5.16. The fourth-order valence-corrected chi connectivity index (χ4v) is 5.55. The Kier molecular flexibility index (Phi) is 3.72. The second-order valence-corrected chi connectivity index (χ2v) is 8.37. The van der Waals surface area contributed by atoms with Crippen LogP contribution in [0, 0.1) is 0 Å². The van der Waals surface area contributed by atoms with E-state index in [0.717, 1.165) is 25.3 Å². The van der Waals surface area contributed by atoms with Crippen LogP contribution < -0.4 is 4.74 Å². The van der Waals surface area contributed by atoms with E-state index in [-0.39, 0.29) is 11.5 Å². The highest BCUT2D eigenvalue weighted by Crippen LogP contribution is 2.43. The van der Waals surface area contributed by atoms with Gasteiger partial charge in [0.05, 0.1) is 12.9 Å². The zero-order valence-electron chi connectivity index (χ0n) is 9.20. The maximum Gasteiger partial charge on any atom is 0.123 e. The number of ether oxygens (including phenoxy) is 1. The third-order valence-corrected chi connectivity index (χ3v) is 5.88. The quantitative estimate of drug-likeness (QED) is 0.592. The van der Waals surface area contributed by atoms with Crippen molar-refractivity contribution in [3.05, 3.63) is 49.0 Å². The average molecular weight is 409 g/mol. The number of alkyl halides is 1. The molecule has 2 unspecified atom stereocenters. The van der Waals surface area contributed by atoms with Crippen LogP contribution in [-0.2, 0) is 6.42 Å². The summed E-state index contributed by atoms with van der Waals surface area (Å²) < 4.78 is 8.06. The molecule has 5 heteroatoms. The monoisotopic (exact) mass is 406 g/mol. The van der Waals surface area contributed by atoms with Gasteiger partial charge in [-0.25, -0.2) is 0 Å². The molecular formula is C13H9Br2ClOS. The Hall–Kier alpha value is -0.0300. The normalized spacial score (nSPS) is 19.4. The van der Waals surface area contributed by atoms with Gasteiger partial charge in [0.1, 0.15) is 11.9 Å². The molecule has 0 amide bonds. The number of thiophene rings is 1. The Balaban J connectivity index is 1.84. The van der Waals surface area contributed by atoms with Gasteiger partial charge in [-0.15, -0.1) is 22.9 Å². The van der Waals surface area contributed by atoms with Crippen LogP contribution in [-0.4, -0.2) is 6.10 Å². The topological polar surface area (TPSA) is 9.23 Å². The van der Waals surface area contributed by atoms with Gasteiger partial charge in [0.2, 0.25) is 0 Å². The predicted molar refractivity (Wildman–Crippen MR) is 82.9 cm³/mol. The number of benzene rings is 1. The smallest absolute Gasteiger partial charge is 0.123 e. The van der Waals surface area contributed by atoms with E-state index < -0.39 is 0 Å². The summed E-state index contributed by atoms with van der Waals surface area (Å²) in [5.41, 5.74) is 2.32. The first-order valence-corrected chi connectivity index (χ1v) is 8.32. The molecule has 0 spiro atoms. The molecule has 0 aliphatic carbocycles. The summed E-state index contributed by atoms with van der Waals surface area (Å²) >= 11 is 15.2. The lowest BCUT2D eigenvalue weighted by Gasteiger charge is -2.16. The van der Waals surface area contributed by atoms with Gasteiger partial charge < -0.3 is 4.74 Å². The van der Waals surface area contributed by atoms with Crippen LogP contribution in [0.3, 0.4) is 0 Å². The van der Waals surface area contributed by atoms with Crippen molar-refractivity contribution in [3.8, 4) is 5.75 Å². The average Bonchev–Trinajstić information content (AvgIpc) is 2.91. The molecule has 2 heterocycles. The van der Waals surface area contributed by atoms with Gasteiger partial charge in [0.15, 0.2) is 0 Å². The Morgan fingerprint density at radius 2 is 2.11 bits per heavy atom. The minimum Gasteiger partial charge on any atom is -0.488 e. The second-order valence-electron chi connectivity index (χ2n) is 4.15. The maximum atomic E-state index is 6.55. The summed E-state index contributed by atoms with van der Waals surface area (Å²) in [6, 6.07) is 10.2. The lowest BCUT2D eigenvalue weighted by Crippen LogP contribution is -2.19. The van der Waals surface area contributed by atoms with E-state index in [1.165, 1.54) is 5.56 Å². The van der Waals surface area contributed by atoms with Crippen LogP contribution in [0.4, 0.5) is 0 Å². The van der Waals surface area contributed by atoms with Gasteiger partial charge in [-0.3, -0.25) is 0 Å². The molecule has 94 valence electrons. The summed E-state index contributed by atoms with van der Waals surface area (Å²) in [5.74, 6) is 0.957. The van der Waals surface area contributed by atoms with E-state index in [9.17, 15) is 0 Å². The van der Waals surface area contributed by atoms with Crippen LogP contribution in [0.2, 0.25) is 0 Å². The van der Waals surface area contributed by atoms with Crippen LogP contribution >= 0.6 is 54.8 Å². The molecule has 3 rings (SSSR count). The zero-order valence-corrected chi connectivity index (χ0v) is 13.9. The van der Waals surface area contributed by atoms with Crippen molar-refractivity contribution in [3.63, 3.8) is 0 Å². The highest BCUT2D eigenvalue weighted by atomic mass is 79.9. The molecule has 18 heavy (non-hydrogen) atoms. The Morgan fingerprint density at radius 1 is 1.33 bits per heavy atom. The van der Waals surface area contributed by atoms with Gasteiger partial charge in [0, 0.05) is 6.42 Å². The van der Waals surface area contributed by atoms with Gasteiger partial charge in [-0.2, -0.15) is 0 Å². The highest BCUT2D eigenvalue weighted by molar-refractivity contribution is 9.12. The number of fused-ring (bicyclic) bond motifs is 1. The fourth-order valence-electron chi connectivity index (χ4n) is 2.11. The van der Waals surface area contributed by atoms with Crippen molar-refractivity contribution in [2.75, 3.05) is 0 Å². The van der Waals surface area contributed by atoms with Crippen molar-refractivity contribution >= 4 is 54.8 Å². The summed E-state index contributed by atoms with van der Waals surface area (Å²) in [6.45, 7) is 0. The third kappa shape index (κ3) is 2.36. The van der Waals surface area contributed by atoms with E-state index in [1.54, 1.807) is 11.3 Å². The Morgan fingerprint density at radius 3 is 2.78 bits per heavy atom. The molecule has 1 aromatic heterocycles. The van der Waals surface area contributed by atoms with Crippen LogP contribution in [0.1, 0.15) is 16.5 Å². The Bertz CT molecular complexity index is 559. The maximum absolute atomic E-state index is 6.55. The first-order chi connectivity index (χ1) is 8.65. The SMILES string of the molecule is ClC(c1cc(Br)sc1Br)C1Cc2ccccc2O1. The van der Waals surface area contributed by atoms with Crippen LogP contribution in [0.15, 0.2) is 37.9 Å². The Labute approximate surface area is 131 Å². The summed E-state index contributed by atoms with van der Waals surface area (Å²) in [4.78, 5) is 0. The molecular weight excluding hydrogens is 399 g/mol. The van der Waals surface area contributed by atoms with Crippen LogP contribution in [0.5, 0.6) is 5.75 Å². The predicted octanol–water partition coefficient (Wildman–Crippen LogP) is 5.56. The molecule has 1 aliphatic heterocycles. The molecule has 1 nitrogen and oxygen atoms in total. The molecule has 1 aromatic carbocycles. The minimum absolute atomic E-state index is 0.00173. The van der Waals surface area contributed by atoms with E-state index in [2.05, 4.69) is 44.0 Å². The first kappa shape index (κ1) is 13.0. The minimum atomic E-state index is -0.144. The van der Waals surface area contributed by atoms with Gasteiger partial charge in [-0.1, -0.05) is 18.2 Å². The van der Waals surface area contributed by atoms with E-state index >= 15 is 0 Å². The van der Waals surface area contributed by atoms with E-state index in [1.807, 2.05) is 18.2 Å². The van der Waals surface area contributed by atoms with Crippen molar-refractivity contribution in [1.29, 1.82) is 0 Å². The lowest BCUT2D eigenvalue weighted by molar-refractivity contribution is 0.227.